The monoisotopic (exact) mass is 325 g/mol. The Bertz CT molecular complexity index is 789. The molecule has 6 nitrogen and oxygen atoms in total. The van der Waals surface area contributed by atoms with E-state index < -0.39 is 0 Å². The Labute approximate surface area is 140 Å². The molecule has 6 heteroatoms. The van der Waals surface area contributed by atoms with E-state index in [1.165, 1.54) is 0 Å². The van der Waals surface area contributed by atoms with Crippen LogP contribution in [0.2, 0.25) is 0 Å². The average molecular weight is 325 g/mol. The van der Waals surface area contributed by atoms with Gasteiger partial charge in [0.2, 0.25) is 0 Å². The third kappa shape index (κ3) is 2.96. The van der Waals surface area contributed by atoms with Crippen LogP contribution in [0.5, 0.6) is 0 Å². The third-order valence-corrected chi connectivity index (χ3v) is 3.99. The van der Waals surface area contributed by atoms with Crippen LogP contribution in [0.25, 0.3) is 0 Å². The van der Waals surface area contributed by atoms with Crippen LogP contribution < -0.4 is 10.6 Å². The van der Waals surface area contributed by atoms with Crippen molar-refractivity contribution in [3.05, 3.63) is 53.6 Å². The highest BCUT2D eigenvalue weighted by Crippen LogP contribution is 2.32. The van der Waals surface area contributed by atoms with Crippen LogP contribution in [0.3, 0.4) is 0 Å². The summed E-state index contributed by atoms with van der Waals surface area (Å²) in [4.78, 5) is 26.4. The van der Waals surface area contributed by atoms with E-state index in [4.69, 9.17) is 5.11 Å². The standard InChI is InChI=1S/C18H19N3O3/c1-2-21(9-10-22)18(24)12-7-8-15-16(11-12)20-17(23)13-5-3-4-6-14(13)19-15/h3-8,11,19,22H,2,9-10H2,1H3,(H,20,23). The summed E-state index contributed by atoms with van der Waals surface area (Å²) >= 11 is 0. The lowest BCUT2D eigenvalue weighted by molar-refractivity contribution is 0.0732. The van der Waals surface area contributed by atoms with E-state index in [1.807, 2.05) is 19.1 Å². The summed E-state index contributed by atoms with van der Waals surface area (Å²) in [5.41, 5.74) is 3.04. The summed E-state index contributed by atoms with van der Waals surface area (Å²) < 4.78 is 0. The summed E-state index contributed by atoms with van der Waals surface area (Å²) in [7, 11) is 0. The highest BCUT2D eigenvalue weighted by molar-refractivity contribution is 6.12. The van der Waals surface area contributed by atoms with Crippen molar-refractivity contribution in [3.8, 4) is 0 Å². The number of likely N-dealkylation sites (N-methyl/N-ethyl adjacent to an activating group) is 1. The van der Waals surface area contributed by atoms with E-state index in [9.17, 15) is 9.59 Å². The molecule has 3 rings (SSSR count). The van der Waals surface area contributed by atoms with Gasteiger partial charge in [-0.2, -0.15) is 0 Å². The largest absolute Gasteiger partial charge is 0.395 e. The number of hydrogen-bond donors (Lipinski definition) is 3. The normalized spacial score (nSPS) is 12.3. The number of aliphatic hydroxyl groups excluding tert-OH is 1. The second-order valence-corrected chi connectivity index (χ2v) is 5.49. The SMILES string of the molecule is CCN(CCO)C(=O)c1ccc2c(c1)NC(=O)c1ccccc1N2. The van der Waals surface area contributed by atoms with Crippen molar-refractivity contribution in [3.63, 3.8) is 0 Å². The first kappa shape index (κ1) is 16.0. The number of amides is 2. The van der Waals surface area contributed by atoms with Gasteiger partial charge >= 0.3 is 0 Å². The van der Waals surface area contributed by atoms with Gasteiger partial charge in [-0.15, -0.1) is 0 Å². The van der Waals surface area contributed by atoms with Crippen molar-refractivity contribution in [2.75, 3.05) is 30.3 Å². The maximum absolute atomic E-state index is 12.5. The first-order valence-corrected chi connectivity index (χ1v) is 7.85. The summed E-state index contributed by atoms with van der Waals surface area (Å²) in [5.74, 6) is -0.394. The minimum atomic E-state index is -0.218. The van der Waals surface area contributed by atoms with E-state index >= 15 is 0 Å². The number of nitrogens with zero attached hydrogens (tertiary/aromatic N) is 1. The smallest absolute Gasteiger partial charge is 0.257 e. The number of benzene rings is 2. The van der Waals surface area contributed by atoms with Crippen LogP contribution in [0.15, 0.2) is 42.5 Å². The summed E-state index contributed by atoms with van der Waals surface area (Å²) in [6.45, 7) is 2.56. The Morgan fingerprint density at radius 1 is 1.08 bits per heavy atom. The fourth-order valence-electron chi connectivity index (χ4n) is 2.72. The molecular weight excluding hydrogens is 306 g/mol. The molecule has 0 aromatic heterocycles. The van der Waals surface area contributed by atoms with Crippen molar-refractivity contribution in [1.29, 1.82) is 0 Å². The molecule has 2 amide bonds. The molecule has 0 atom stereocenters. The lowest BCUT2D eigenvalue weighted by Gasteiger charge is -2.20. The van der Waals surface area contributed by atoms with Crippen LogP contribution in [0.1, 0.15) is 27.6 Å². The van der Waals surface area contributed by atoms with Crippen molar-refractivity contribution in [1.82, 2.24) is 4.90 Å². The maximum Gasteiger partial charge on any atom is 0.257 e. The number of aliphatic hydroxyl groups is 1. The van der Waals surface area contributed by atoms with Gasteiger partial charge < -0.3 is 20.6 Å². The van der Waals surface area contributed by atoms with Gasteiger partial charge in [0.05, 0.1) is 29.2 Å². The number of para-hydroxylation sites is 1. The van der Waals surface area contributed by atoms with Crippen LogP contribution in [-0.4, -0.2) is 41.5 Å². The molecule has 24 heavy (non-hydrogen) atoms. The second kappa shape index (κ2) is 6.72. The fraction of sp³-hybridized carbons (Fsp3) is 0.222. The molecule has 0 bridgehead atoms. The zero-order chi connectivity index (χ0) is 17.1. The van der Waals surface area contributed by atoms with Gasteiger partial charge in [-0.25, -0.2) is 0 Å². The summed E-state index contributed by atoms with van der Waals surface area (Å²) in [5, 5.41) is 15.1. The maximum atomic E-state index is 12.5. The van der Waals surface area contributed by atoms with Crippen LogP contribution in [0, 0.1) is 0 Å². The zero-order valence-electron chi connectivity index (χ0n) is 13.4. The van der Waals surface area contributed by atoms with Crippen molar-refractivity contribution in [2.45, 2.75) is 6.92 Å². The molecule has 3 N–H and O–H groups in total. The first-order chi connectivity index (χ1) is 11.6. The molecule has 1 aliphatic heterocycles. The number of carbonyl (C=O) groups excluding carboxylic acids is 2. The van der Waals surface area contributed by atoms with Gasteiger partial charge in [-0.05, 0) is 37.3 Å². The van der Waals surface area contributed by atoms with E-state index in [-0.39, 0.29) is 25.0 Å². The van der Waals surface area contributed by atoms with Gasteiger partial charge in [-0.1, -0.05) is 12.1 Å². The number of carbonyl (C=O) groups is 2. The number of rotatable bonds is 4. The summed E-state index contributed by atoms with van der Waals surface area (Å²) in [6.07, 6.45) is 0. The molecule has 2 aromatic carbocycles. The third-order valence-electron chi connectivity index (χ3n) is 3.99. The minimum absolute atomic E-state index is 0.0852. The summed E-state index contributed by atoms with van der Waals surface area (Å²) in [6, 6.07) is 12.4. The van der Waals surface area contributed by atoms with Gasteiger partial charge in [0, 0.05) is 18.7 Å². The Morgan fingerprint density at radius 3 is 2.62 bits per heavy atom. The molecule has 0 saturated carbocycles. The lowest BCUT2D eigenvalue weighted by atomic mass is 10.1. The fourth-order valence-corrected chi connectivity index (χ4v) is 2.72. The predicted molar refractivity (Wildman–Crippen MR) is 92.8 cm³/mol. The van der Waals surface area contributed by atoms with Crippen molar-refractivity contribution >= 4 is 28.9 Å². The van der Waals surface area contributed by atoms with E-state index in [2.05, 4.69) is 10.6 Å². The molecule has 0 saturated heterocycles. The van der Waals surface area contributed by atoms with Gasteiger partial charge in [-0.3, -0.25) is 9.59 Å². The van der Waals surface area contributed by atoms with Crippen molar-refractivity contribution < 1.29 is 14.7 Å². The van der Waals surface area contributed by atoms with E-state index in [1.54, 1.807) is 35.2 Å². The molecule has 0 spiro atoms. The van der Waals surface area contributed by atoms with Crippen LogP contribution in [0.4, 0.5) is 17.1 Å². The topological polar surface area (TPSA) is 81.7 Å². The quantitative estimate of drug-likeness (QED) is 0.806. The Kier molecular flexibility index (Phi) is 4.48. The first-order valence-electron chi connectivity index (χ1n) is 7.85. The van der Waals surface area contributed by atoms with E-state index in [0.29, 0.717) is 23.4 Å². The molecule has 0 fully saturated rings. The number of anilines is 3. The second-order valence-electron chi connectivity index (χ2n) is 5.49. The highest BCUT2D eigenvalue weighted by atomic mass is 16.3. The number of hydrogen-bond acceptors (Lipinski definition) is 4. The Hall–Kier alpha value is -2.86. The Morgan fingerprint density at radius 2 is 1.88 bits per heavy atom. The molecule has 2 aromatic rings. The van der Waals surface area contributed by atoms with E-state index in [0.717, 1.165) is 11.4 Å². The van der Waals surface area contributed by atoms with Gasteiger partial charge in [0.25, 0.3) is 11.8 Å². The van der Waals surface area contributed by atoms with Crippen LogP contribution in [-0.2, 0) is 0 Å². The average Bonchev–Trinajstić information content (AvgIpc) is 2.74. The molecule has 0 unspecified atom stereocenters. The minimum Gasteiger partial charge on any atom is -0.395 e. The molecule has 1 heterocycles. The van der Waals surface area contributed by atoms with Crippen LogP contribution >= 0.6 is 0 Å². The highest BCUT2D eigenvalue weighted by Gasteiger charge is 2.21. The zero-order valence-corrected chi connectivity index (χ0v) is 13.4. The number of fused-ring (bicyclic) bond motifs is 2. The molecule has 0 aliphatic carbocycles. The predicted octanol–water partition coefficient (Wildman–Crippen LogP) is 2.45. The molecule has 124 valence electrons. The van der Waals surface area contributed by atoms with Crippen molar-refractivity contribution in [2.24, 2.45) is 0 Å². The lowest BCUT2D eigenvalue weighted by Crippen LogP contribution is -2.33. The Balaban J connectivity index is 1.94. The molecule has 1 aliphatic rings. The van der Waals surface area contributed by atoms with Gasteiger partial charge in [0.1, 0.15) is 0 Å². The van der Waals surface area contributed by atoms with Gasteiger partial charge in [0.15, 0.2) is 0 Å². The number of nitrogens with one attached hydrogen (secondary N) is 2. The molecule has 0 radical (unpaired) electrons. The molecular formula is C18H19N3O3.